The van der Waals surface area contributed by atoms with E-state index in [1.807, 2.05) is 0 Å². The third-order valence-corrected chi connectivity index (χ3v) is 0.791. The van der Waals surface area contributed by atoms with Gasteiger partial charge < -0.3 is 14.7 Å². The van der Waals surface area contributed by atoms with Crippen LogP contribution in [0.3, 0.4) is 0 Å². The number of hydrogen-bond donors (Lipinski definition) is 0. The van der Waals surface area contributed by atoms with Crippen molar-refractivity contribution in [2.24, 2.45) is 0 Å². The molecular formula is C5H6KN2O3-. The molecule has 1 heterocycles. The number of rotatable bonds is 2. The maximum Gasteiger partial charge on any atom is 1.00 e. The molecule has 0 unspecified atom stereocenters. The van der Waals surface area contributed by atoms with E-state index >= 15 is 0 Å². The van der Waals surface area contributed by atoms with Crippen LogP contribution < -0.4 is 51.4 Å². The van der Waals surface area contributed by atoms with Crippen molar-refractivity contribution in [3.63, 3.8) is 0 Å². The summed E-state index contributed by atoms with van der Waals surface area (Å²) in [6.45, 7) is 1.67. The van der Waals surface area contributed by atoms with E-state index in [1.54, 1.807) is 13.2 Å². The van der Waals surface area contributed by atoms with Crippen LogP contribution in [0.15, 0.2) is 4.42 Å². The molecule has 1 rings (SSSR count). The summed E-state index contributed by atoms with van der Waals surface area (Å²) in [5, 5.41) is 7.07. The van der Waals surface area contributed by atoms with E-state index in [2.05, 4.69) is 10.2 Å². The van der Waals surface area contributed by atoms with Crippen LogP contribution in [-0.4, -0.2) is 22.0 Å². The molecule has 1 aromatic heterocycles. The van der Waals surface area contributed by atoms with Crippen LogP contribution >= 0.6 is 0 Å². The Morgan fingerprint density at radius 2 is 2.18 bits per heavy atom. The Bertz CT molecular complexity index is 213. The first kappa shape index (κ1) is 14.0. The molecule has 1 aromatic rings. The summed E-state index contributed by atoms with van der Waals surface area (Å²) in [6, 6.07) is 0. The van der Waals surface area contributed by atoms with Crippen molar-refractivity contribution in [2.45, 2.75) is 13.3 Å². The summed E-state index contributed by atoms with van der Waals surface area (Å²) in [5.41, 5.74) is 0. The average molecular weight is 181 g/mol. The number of aromatic nitrogens is 2. The summed E-state index contributed by atoms with van der Waals surface area (Å²) in [6.07, 6.45) is 1.74. The second-order valence-corrected chi connectivity index (χ2v) is 1.54. The molecule has 6 heteroatoms. The molecule has 0 atom stereocenters. The summed E-state index contributed by atoms with van der Waals surface area (Å²) < 4.78 is 4.84. The summed E-state index contributed by atoms with van der Waals surface area (Å²) in [7, 11) is 0. The van der Waals surface area contributed by atoms with E-state index in [-0.39, 0.29) is 63.3 Å². The van der Waals surface area contributed by atoms with Crippen molar-refractivity contribution in [1.82, 2.24) is 10.2 Å². The van der Waals surface area contributed by atoms with Gasteiger partial charge in [-0.1, -0.05) is 6.42 Å². The molecule has 0 fully saturated rings. The Morgan fingerprint density at radius 3 is 2.55 bits per heavy atom. The van der Waals surface area contributed by atoms with Crippen molar-refractivity contribution in [3.8, 4) is 0 Å². The Hall–Kier alpha value is 0.406. The van der Waals surface area contributed by atoms with Gasteiger partial charge in [-0.25, -0.2) is 0 Å². The van der Waals surface area contributed by atoms with Crippen molar-refractivity contribution in [1.29, 1.82) is 0 Å². The maximum absolute atomic E-state index is 9.73. The predicted molar refractivity (Wildman–Crippen MR) is 30.4 cm³/mol. The molecule has 1 N–H and O–H groups in total. The fraction of sp³-hybridized carbons (Fsp3) is 0.400. The van der Waals surface area contributed by atoms with Crippen molar-refractivity contribution < 1.29 is 66.1 Å². The predicted octanol–water partition coefficient (Wildman–Crippen LogP) is -3.14. The normalized spacial score (nSPS) is 7.73. The van der Waals surface area contributed by atoms with Gasteiger partial charge in [-0.2, -0.15) is 0 Å². The molecule has 0 aliphatic rings. The number of carbonyl (C=O) groups excluding carboxylic acids is 1. The third-order valence-electron chi connectivity index (χ3n) is 0.791. The first-order valence-electron chi connectivity index (χ1n) is 2.47. The van der Waals surface area contributed by atoms with Crippen molar-refractivity contribution in [2.75, 3.05) is 0 Å². The quantitative estimate of drug-likeness (QED) is 0.355. The van der Waals surface area contributed by atoms with Gasteiger partial charge in [0.15, 0.2) is 5.89 Å². The van der Waals surface area contributed by atoms with E-state index in [4.69, 9.17) is 4.42 Å². The molecular weight excluding hydrogens is 175 g/mol. The molecule has 0 aliphatic carbocycles. The topological polar surface area (TPSA) is 86.0 Å². The van der Waals surface area contributed by atoms with Crippen LogP contribution in [-0.2, 0) is 11.2 Å². The van der Waals surface area contributed by atoms with Crippen LogP contribution in [0, 0.1) is 6.92 Å². The molecule has 56 valence electrons. The minimum Gasteiger partial charge on any atom is -0.870 e. The molecule has 0 spiro atoms. The molecule has 0 aliphatic heterocycles. The summed E-state index contributed by atoms with van der Waals surface area (Å²) >= 11 is 0. The van der Waals surface area contributed by atoms with E-state index in [0.29, 0.717) is 11.8 Å². The van der Waals surface area contributed by atoms with Gasteiger partial charge in [0, 0.05) is 6.92 Å². The van der Waals surface area contributed by atoms with E-state index in [9.17, 15) is 4.79 Å². The average Bonchev–Trinajstić information content (AvgIpc) is 2.17. The fourth-order valence-corrected chi connectivity index (χ4v) is 0.471. The van der Waals surface area contributed by atoms with E-state index in [0.717, 1.165) is 0 Å². The standard InChI is InChI=1S/C5H5N2O2.K.H2O/c1-4-6-7-5(9-4)2-3-8;;/h2H2,1H3;;1H2/q-1;+1;/p-1. The van der Waals surface area contributed by atoms with E-state index in [1.165, 1.54) is 0 Å². The largest absolute Gasteiger partial charge is 1.00 e. The van der Waals surface area contributed by atoms with Crippen LogP contribution in [0.5, 0.6) is 0 Å². The minimum atomic E-state index is 0. The van der Waals surface area contributed by atoms with E-state index < -0.39 is 0 Å². The van der Waals surface area contributed by atoms with Gasteiger partial charge in [-0.05, 0) is 0 Å². The van der Waals surface area contributed by atoms with Crippen molar-refractivity contribution >= 4 is 6.29 Å². The zero-order valence-electron chi connectivity index (χ0n) is 6.37. The molecule has 5 nitrogen and oxygen atoms in total. The first-order chi connectivity index (χ1) is 4.33. The molecule has 0 saturated carbocycles. The zero-order valence-corrected chi connectivity index (χ0v) is 9.49. The molecule has 0 radical (unpaired) electrons. The monoisotopic (exact) mass is 181 g/mol. The Balaban J connectivity index is 0. The van der Waals surface area contributed by atoms with Crippen LogP contribution in [0.2, 0.25) is 0 Å². The second kappa shape index (κ2) is 7.08. The molecule has 11 heavy (non-hydrogen) atoms. The van der Waals surface area contributed by atoms with Gasteiger partial charge in [-0.3, -0.25) is 6.29 Å². The van der Waals surface area contributed by atoms with Gasteiger partial charge in [0.2, 0.25) is 5.89 Å². The molecule has 0 aromatic carbocycles. The van der Waals surface area contributed by atoms with Gasteiger partial charge in [0.1, 0.15) is 0 Å². The van der Waals surface area contributed by atoms with Gasteiger partial charge in [0.25, 0.3) is 0 Å². The Morgan fingerprint density at radius 1 is 1.55 bits per heavy atom. The first-order valence-corrected chi connectivity index (χ1v) is 2.47. The van der Waals surface area contributed by atoms with Crippen LogP contribution in [0.4, 0.5) is 0 Å². The smallest absolute Gasteiger partial charge is 0.870 e. The number of aryl methyl sites for hydroxylation is 1. The molecule has 0 saturated heterocycles. The second-order valence-electron chi connectivity index (χ2n) is 1.54. The molecule has 0 bridgehead atoms. The van der Waals surface area contributed by atoms with Gasteiger partial charge in [0.05, 0.1) is 0 Å². The van der Waals surface area contributed by atoms with Gasteiger partial charge in [-0.15, -0.1) is 10.2 Å². The summed E-state index contributed by atoms with van der Waals surface area (Å²) in [5.74, 6) is 0.794. The fourth-order valence-electron chi connectivity index (χ4n) is 0.471. The maximum atomic E-state index is 9.73. The Kier molecular flexibility index (Phi) is 8.98. The molecule has 0 amide bonds. The minimum absolute atomic E-state index is 0. The third kappa shape index (κ3) is 4.78. The van der Waals surface area contributed by atoms with Crippen LogP contribution in [0.1, 0.15) is 11.8 Å². The number of hydrogen-bond acceptors (Lipinski definition) is 5. The Labute approximate surface area is 106 Å². The van der Waals surface area contributed by atoms with Crippen LogP contribution in [0.25, 0.3) is 0 Å². The summed E-state index contributed by atoms with van der Waals surface area (Å²) in [4.78, 5) is 9.73. The number of nitrogens with zero attached hydrogens (tertiary/aromatic N) is 2. The van der Waals surface area contributed by atoms with Gasteiger partial charge >= 0.3 is 51.4 Å². The zero-order chi connectivity index (χ0) is 6.69. The van der Waals surface area contributed by atoms with Crippen molar-refractivity contribution in [3.05, 3.63) is 11.8 Å². The SMILES string of the molecule is Cc1nnc(C[C-]=O)o1.[K+].[OH-].